The predicted molar refractivity (Wildman–Crippen MR) is 196 cm³/mol. The third-order valence-electron chi connectivity index (χ3n) is 10.5. The largest absolute Gasteiger partial charge is 0.322 e. The summed E-state index contributed by atoms with van der Waals surface area (Å²) in [6, 6.07) is 40.4. The Bertz CT molecular complexity index is 2040. The maximum atomic E-state index is 13.9. The van der Waals surface area contributed by atoms with Gasteiger partial charge in [-0.1, -0.05) is 112 Å². The zero-order valence-electron chi connectivity index (χ0n) is 28.5. The molecule has 7 nitrogen and oxygen atoms in total. The normalized spacial score (nSPS) is 18.0. The van der Waals surface area contributed by atoms with E-state index in [1.54, 1.807) is 0 Å². The average Bonchev–Trinajstić information content (AvgIpc) is 3.75. The average molecular weight is 647 g/mol. The molecule has 4 heterocycles. The first kappa shape index (κ1) is 31.0. The van der Waals surface area contributed by atoms with Crippen LogP contribution >= 0.6 is 0 Å². The Morgan fingerprint density at radius 2 is 1.39 bits per heavy atom. The second kappa shape index (κ2) is 12.0. The van der Waals surface area contributed by atoms with Crippen molar-refractivity contribution in [1.82, 2.24) is 25.0 Å². The molecule has 2 atom stereocenters. The first-order chi connectivity index (χ1) is 23.7. The van der Waals surface area contributed by atoms with Crippen LogP contribution in [0, 0.1) is 18.3 Å². The molecule has 6 aromatic rings. The minimum Gasteiger partial charge on any atom is -0.316 e. The minimum atomic E-state index is -0.823. The fraction of sp³-hybridized carbons (Fsp3) is 0.262. The Kier molecular flexibility index (Phi) is 7.60. The molecule has 0 spiro atoms. The summed E-state index contributed by atoms with van der Waals surface area (Å²) >= 11 is 0. The summed E-state index contributed by atoms with van der Waals surface area (Å²) in [7, 11) is 0. The van der Waals surface area contributed by atoms with Crippen molar-refractivity contribution in [3.8, 4) is 11.3 Å². The Hall–Kier alpha value is -5.27. The van der Waals surface area contributed by atoms with E-state index in [1.807, 2.05) is 24.1 Å². The molecule has 0 aliphatic carbocycles. The smallest absolute Gasteiger partial charge is 0.316 e. The Morgan fingerprint density at radius 1 is 0.776 bits per heavy atom. The fourth-order valence-electron chi connectivity index (χ4n) is 8.11. The number of fused-ring (bicyclic) bond motifs is 2. The van der Waals surface area contributed by atoms with E-state index in [0.29, 0.717) is 12.5 Å². The molecule has 2 aromatic heterocycles. The van der Waals surface area contributed by atoms with Gasteiger partial charge >= 0.3 is 6.03 Å². The quantitative estimate of drug-likeness (QED) is 0.179. The molecule has 4 aromatic carbocycles. The number of nitrogens with one attached hydrogen (secondary N) is 2. The lowest BCUT2D eigenvalue weighted by Crippen LogP contribution is -2.50. The number of aryl methyl sites for hydroxylation is 1. The van der Waals surface area contributed by atoms with E-state index in [2.05, 4.69) is 150 Å². The lowest BCUT2D eigenvalue weighted by atomic mass is 9.77. The second-order valence-electron chi connectivity index (χ2n) is 14.5. The first-order valence-corrected chi connectivity index (χ1v) is 17.2. The number of benzene rings is 4. The molecule has 0 bridgehead atoms. The van der Waals surface area contributed by atoms with Gasteiger partial charge in [0, 0.05) is 48.2 Å². The van der Waals surface area contributed by atoms with E-state index >= 15 is 0 Å². The number of pyridine rings is 1. The van der Waals surface area contributed by atoms with Crippen LogP contribution in [0.2, 0.25) is 0 Å². The molecule has 49 heavy (non-hydrogen) atoms. The lowest BCUT2D eigenvalue weighted by Gasteiger charge is -2.40. The van der Waals surface area contributed by atoms with Crippen LogP contribution in [-0.2, 0) is 12.1 Å². The van der Waals surface area contributed by atoms with Crippen molar-refractivity contribution in [1.29, 1.82) is 0 Å². The van der Waals surface area contributed by atoms with Crippen LogP contribution in [0.15, 0.2) is 121 Å². The van der Waals surface area contributed by atoms with Crippen molar-refractivity contribution in [3.63, 3.8) is 0 Å². The first-order valence-electron chi connectivity index (χ1n) is 17.2. The highest BCUT2D eigenvalue weighted by Crippen LogP contribution is 2.46. The van der Waals surface area contributed by atoms with Crippen LogP contribution in [0.25, 0.3) is 22.2 Å². The van der Waals surface area contributed by atoms with Gasteiger partial charge in [-0.05, 0) is 64.8 Å². The number of amides is 2. The van der Waals surface area contributed by atoms with E-state index < -0.39 is 5.54 Å². The Morgan fingerprint density at radius 3 is 1.96 bits per heavy atom. The number of hydrogen-bond donors (Lipinski definition) is 2. The van der Waals surface area contributed by atoms with Crippen LogP contribution in [-0.4, -0.2) is 44.8 Å². The standard InChI is InChI=1S/C42H42N6O/c1-28-22-29(20-21-44-28)39-34-23-30-27-47(38-26-43-25-35(38)41(2,3)4)40(49)45-36(30)24-37(34)48(46-39)42(31-14-8-5-9-15-31,32-16-10-6-11-17-32)33-18-12-7-13-19-33/h5-24,35,38,43H,25-27H2,1-4H3,(H,45,49). The molecule has 2 aliphatic rings. The minimum absolute atomic E-state index is 0.0497. The van der Waals surface area contributed by atoms with E-state index in [0.717, 1.165) is 68.9 Å². The van der Waals surface area contributed by atoms with Crippen molar-refractivity contribution in [2.45, 2.75) is 45.8 Å². The topological polar surface area (TPSA) is 75.1 Å². The van der Waals surface area contributed by atoms with Gasteiger partial charge in [0.1, 0.15) is 11.2 Å². The molecular formula is C42H42N6O. The van der Waals surface area contributed by atoms with E-state index in [4.69, 9.17) is 5.10 Å². The molecule has 2 amide bonds. The van der Waals surface area contributed by atoms with Gasteiger partial charge < -0.3 is 15.5 Å². The van der Waals surface area contributed by atoms with Gasteiger partial charge in [0.2, 0.25) is 0 Å². The molecule has 2 N–H and O–H groups in total. The fourth-order valence-corrected chi connectivity index (χ4v) is 8.11. The summed E-state index contributed by atoms with van der Waals surface area (Å²) < 4.78 is 2.18. The van der Waals surface area contributed by atoms with Crippen LogP contribution in [0.3, 0.4) is 0 Å². The van der Waals surface area contributed by atoms with Gasteiger partial charge in [-0.15, -0.1) is 0 Å². The molecule has 2 aliphatic heterocycles. The highest BCUT2D eigenvalue weighted by atomic mass is 16.2. The van der Waals surface area contributed by atoms with E-state index in [9.17, 15) is 4.79 Å². The number of urea groups is 1. The summed E-state index contributed by atoms with van der Waals surface area (Å²) in [5, 5.41) is 13.5. The Labute approximate surface area is 288 Å². The number of hydrogen-bond acceptors (Lipinski definition) is 4. The molecule has 246 valence electrons. The van der Waals surface area contributed by atoms with Crippen LogP contribution in [0.1, 0.15) is 48.7 Å². The van der Waals surface area contributed by atoms with Gasteiger partial charge in [0.25, 0.3) is 0 Å². The summed E-state index contributed by atoms with van der Waals surface area (Å²) in [5.74, 6) is 0.352. The number of nitrogens with zero attached hydrogens (tertiary/aromatic N) is 4. The summed E-state index contributed by atoms with van der Waals surface area (Å²) in [6.45, 7) is 11.1. The molecule has 1 fully saturated rings. The third kappa shape index (κ3) is 5.20. The van der Waals surface area contributed by atoms with Crippen molar-refractivity contribution in [3.05, 3.63) is 149 Å². The Balaban J connectivity index is 1.41. The molecule has 0 radical (unpaired) electrons. The highest BCUT2D eigenvalue weighted by Gasteiger charge is 2.44. The number of anilines is 1. The van der Waals surface area contributed by atoms with E-state index in [1.165, 1.54) is 0 Å². The highest BCUT2D eigenvalue weighted by molar-refractivity contribution is 6.01. The maximum absolute atomic E-state index is 13.9. The maximum Gasteiger partial charge on any atom is 0.322 e. The molecular weight excluding hydrogens is 605 g/mol. The zero-order chi connectivity index (χ0) is 33.8. The van der Waals surface area contributed by atoms with Crippen LogP contribution in [0.4, 0.5) is 10.5 Å². The lowest BCUT2D eigenvalue weighted by molar-refractivity contribution is 0.124. The number of aromatic nitrogens is 3. The number of rotatable bonds is 6. The van der Waals surface area contributed by atoms with Crippen LogP contribution in [0.5, 0.6) is 0 Å². The van der Waals surface area contributed by atoms with Crippen molar-refractivity contribution in [2.75, 3.05) is 18.4 Å². The van der Waals surface area contributed by atoms with Gasteiger partial charge in [-0.25, -0.2) is 9.48 Å². The summed E-state index contributed by atoms with van der Waals surface area (Å²) in [6.07, 6.45) is 1.86. The SMILES string of the molecule is Cc1cc(-c2nn(C(c3ccccc3)(c3ccccc3)c3ccccc3)c3cc4c(cc23)CN(C2CNCC2C(C)(C)C)C(=O)N4)ccn1. The molecule has 8 rings (SSSR count). The molecule has 7 heteroatoms. The predicted octanol–water partition coefficient (Wildman–Crippen LogP) is 8.23. The van der Waals surface area contributed by atoms with Crippen molar-refractivity contribution < 1.29 is 4.79 Å². The third-order valence-corrected chi connectivity index (χ3v) is 10.5. The summed E-state index contributed by atoms with van der Waals surface area (Å²) in [5.41, 5.74) is 8.17. The van der Waals surface area contributed by atoms with Gasteiger partial charge in [0.15, 0.2) is 0 Å². The van der Waals surface area contributed by atoms with Crippen LogP contribution < -0.4 is 10.6 Å². The van der Waals surface area contributed by atoms with Gasteiger partial charge in [-0.3, -0.25) is 4.98 Å². The van der Waals surface area contributed by atoms with Gasteiger partial charge in [-0.2, -0.15) is 5.10 Å². The molecule has 2 unspecified atom stereocenters. The van der Waals surface area contributed by atoms with Gasteiger partial charge in [0.05, 0.1) is 11.6 Å². The zero-order valence-corrected chi connectivity index (χ0v) is 28.5. The van der Waals surface area contributed by atoms with Crippen molar-refractivity contribution >= 4 is 22.6 Å². The van der Waals surface area contributed by atoms with E-state index in [-0.39, 0.29) is 17.5 Å². The second-order valence-corrected chi connectivity index (χ2v) is 14.5. The van der Waals surface area contributed by atoms with Crippen molar-refractivity contribution in [2.24, 2.45) is 11.3 Å². The summed E-state index contributed by atoms with van der Waals surface area (Å²) in [4.78, 5) is 20.5. The number of carbonyl (C=O) groups excluding carboxylic acids is 1. The molecule has 1 saturated heterocycles. The monoisotopic (exact) mass is 646 g/mol. The molecule has 0 saturated carbocycles. The number of carbonyl (C=O) groups is 1.